The first-order valence-corrected chi connectivity index (χ1v) is 8.70. The zero-order valence-electron chi connectivity index (χ0n) is 12.0. The molecule has 0 spiro atoms. The Balaban J connectivity index is 1.78. The summed E-state index contributed by atoms with van der Waals surface area (Å²) >= 11 is 1.91. The van der Waals surface area contributed by atoms with E-state index in [-0.39, 0.29) is 12.1 Å². The Morgan fingerprint density at radius 1 is 1.20 bits per heavy atom. The lowest BCUT2D eigenvalue weighted by Gasteiger charge is -2.34. The number of aliphatic carboxylic acids is 1. The second-order valence-corrected chi connectivity index (χ2v) is 6.92. The molecule has 0 aromatic rings. The second kappa shape index (κ2) is 7.20. The molecular formula is C14H24N2O3S. The predicted molar refractivity (Wildman–Crippen MR) is 80.0 cm³/mol. The van der Waals surface area contributed by atoms with Gasteiger partial charge in [-0.25, -0.2) is 4.79 Å². The maximum absolute atomic E-state index is 12.2. The van der Waals surface area contributed by atoms with E-state index >= 15 is 0 Å². The van der Waals surface area contributed by atoms with E-state index in [1.54, 1.807) is 4.90 Å². The van der Waals surface area contributed by atoms with Gasteiger partial charge < -0.3 is 15.3 Å². The van der Waals surface area contributed by atoms with Crippen LogP contribution in [0.4, 0.5) is 4.79 Å². The van der Waals surface area contributed by atoms with Gasteiger partial charge in [0, 0.05) is 24.4 Å². The number of hydrogen-bond donors (Lipinski definition) is 2. The number of nitrogens with one attached hydrogen (secondary N) is 1. The standard InChI is InChI=1S/C14H24N2O3S/c1-20-12-6-4-11(5-7-12)15-14(19)16-8-2-3-10(9-16)13(17)18/h10-12H,2-9H2,1H3,(H,15,19)(H,17,18). The van der Waals surface area contributed by atoms with Gasteiger partial charge in [-0.1, -0.05) is 0 Å². The van der Waals surface area contributed by atoms with E-state index in [0.29, 0.717) is 19.5 Å². The summed E-state index contributed by atoms with van der Waals surface area (Å²) in [4.78, 5) is 24.9. The molecule has 0 bridgehead atoms. The molecule has 6 heteroatoms. The molecule has 2 rings (SSSR count). The molecule has 1 saturated carbocycles. The average molecular weight is 300 g/mol. The average Bonchev–Trinajstić information content (AvgIpc) is 2.48. The van der Waals surface area contributed by atoms with Crippen LogP contribution in [0.1, 0.15) is 38.5 Å². The number of nitrogens with zero attached hydrogens (tertiary/aromatic N) is 1. The van der Waals surface area contributed by atoms with Crippen molar-refractivity contribution in [3.8, 4) is 0 Å². The number of carboxylic acids is 1. The summed E-state index contributed by atoms with van der Waals surface area (Å²) in [6.45, 7) is 1.02. The molecule has 5 nitrogen and oxygen atoms in total. The van der Waals surface area contributed by atoms with Crippen LogP contribution >= 0.6 is 11.8 Å². The van der Waals surface area contributed by atoms with Gasteiger partial charge in [-0.3, -0.25) is 4.79 Å². The minimum Gasteiger partial charge on any atom is -0.481 e. The van der Waals surface area contributed by atoms with Crippen molar-refractivity contribution in [3.05, 3.63) is 0 Å². The first-order valence-electron chi connectivity index (χ1n) is 7.41. The molecule has 1 aliphatic carbocycles. The summed E-state index contributed by atoms with van der Waals surface area (Å²) in [7, 11) is 0. The van der Waals surface area contributed by atoms with Crippen LogP contribution in [0, 0.1) is 5.92 Å². The van der Waals surface area contributed by atoms with Gasteiger partial charge in [0.1, 0.15) is 0 Å². The number of thioether (sulfide) groups is 1. The lowest BCUT2D eigenvalue weighted by Crippen LogP contribution is -2.50. The molecule has 1 unspecified atom stereocenters. The van der Waals surface area contributed by atoms with Crippen molar-refractivity contribution in [2.24, 2.45) is 5.92 Å². The van der Waals surface area contributed by atoms with Gasteiger partial charge in [0.2, 0.25) is 0 Å². The summed E-state index contributed by atoms with van der Waals surface area (Å²) in [5, 5.41) is 12.9. The molecule has 1 saturated heterocycles. The van der Waals surface area contributed by atoms with Crippen LogP contribution in [-0.2, 0) is 4.79 Å². The van der Waals surface area contributed by atoms with Crippen molar-refractivity contribution in [2.75, 3.05) is 19.3 Å². The zero-order valence-corrected chi connectivity index (χ0v) is 12.8. The molecule has 2 aliphatic rings. The fraction of sp³-hybridized carbons (Fsp3) is 0.857. The summed E-state index contributed by atoms with van der Waals surface area (Å²) in [6, 6.07) is 0.180. The Hall–Kier alpha value is -0.910. The van der Waals surface area contributed by atoms with Gasteiger partial charge in [-0.2, -0.15) is 11.8 Å². The maximum Gasteiger partial charge on any atom is 0.317 e. The Kier molecular flexibility index (Phi) is 5.57. The third-order valence-electron chi connectivity index (χ3n) is 4.39. The van der Waals surface area contributed by atoms with Gasteiger partial charge >= 0.3 is 12.0 Å². The Morgan fingerprint density at radius 2 is 1.90 bits per heavy atom. The van der Waals surface area contributed by atoms with E-state index in [4.69, 9.17) is 5.11 Å². The van der Waals surface area contributed by atoms with E-state index in [1.807, 2.05) is 11.8 Å². The number of rotatable bonds is 3. The smallest absolute Gasteiger partial charge is 0.317 e. The fourth-order valence-electron chi connectivity index (χ4n) is 3.07. The monoisotopic (exact) mass is 300 g/mol. The third kappa shape index (κ3) is 4.04. The SMILES string of the molecule is CSC1CCC(NC(=O)N2CCCC(C(=O)O)C2)CC1. The van der Waals surface area contributed by atoms with Crippen molar-refractivity contribution in [3.63, 3.8) is 0 Å². The molecule has 2 N–H and O–H groups in total. The maximum atomic E-state index is 12.2. The number of piperidine rings is 1. The summed E-state index contributed by atoms with van der Waals surface area (Å²) in [5.74, 6) is -1.19. The highest BCUT2D eigenvalue weighted by Gasteiger charge is 2.29. The highest BCUT2D eigenvalue weighted by atomic mass is 32.2. The number of carbonyl (C=O) groups excluding carboxylic acids is 1. The molecule has 0 radical (unpaired) electrons. The number of hydrogen-bond acceptors (Lipinski definition) is 3. The number of urea groups is 1. The molecule has 2 amide bonds. The van der Waals surface area contributed by atoms with Crippen LogP contribution in [0.2, 0.25) is 0 Å². The van der Waals surface area contributed by atoms with Crippen molar-refractivity contribution < 1.29 is 14.7 Å². The van der Waals surface area contributed by atoms with Crippen LogP contribution in [0.25, 0.3) is 0 Å². The normalized spacial score (nSPS) is 30.9. The Labute approximate surface area is 124 Å². The molecule has 114 valence electrons. The summed E-state index contributed by atoms with van der Waals surface area (Å²) in [6.07, 6.45) is 7.99. The molecule has 20 heavy (non-hydrogen) atoms. The van der Waals surface area contributed by atoms with E-state index in [0.717, 1.165) is 37.4 Å². The fourth-order valence-corrected chi connectivity index (χ4v) is 3.82. The first-order chi connectivity index (χ1) is 9.60. The van der Waals surface area contributed by atoms with Gasteiger partial charge in [-0.15, -0.1) is 0 Å². The minimum atomic E-state index is -0.789. The van der Waals surface area contributed by atoms with Gasteiger partial charge in [0.25, 0.3) is 0 Å². The molecule has 0 aromatic carbocycles. The lowest BCUT2D eigenvalue weighted by molar-refractivity contribution is -0.143. The van der Waals surface area contributed by atoms with E-state index < -0.39 is 11.9 Å². The Morgan fingerprint density at radius 3 is 2.50 bits per heavy atom. The van der Waals surface area contributed by atoms with Gasteiger partial charge in [0.05, 0.1) is 5.92 Å². The van der Waals surface area contributed by atoms with Crippen LogP contribution in [-0.4, -0.2) is 52.6 Å². The predicted octanol–water partition coefficient (Wildman–Crippen LogP) is 2.17. The van der Waals surface area contributed by atoms with E-state index in [1.165, 1.54) is 0 Å². The highest BCUT2D eigenvalue weighted by Crippen LogP contribution is 2.27. The van der Waals surface area contributed by atoms with Crippen LogP contribution in [0.5, 0.6) is 0 Å². The summed E-state index contributed by atoms with van der Waals surface area (Å²) in [5.41, 5.74) is 0. The third-order valence-corrected chi connectivity index (χ3v) is 5.53. The van der Waals surface area contributed by atoms with Crippen molar-refractivity contribution in [1.82, 2.24) is 10.2 Å². The Bertz CT molecular complexity index is 356. The lowest BCUT2D eigenvalue weighted by atomic mass is 9.95. The highest BCUT2D eigenvalue weighted by molar-refractivity contribution is 7.99. The van der Waals surface area contributed by atoms with E-state index in [9.17, 15) is 9.59 Å². The van der Waals surface area contributed by atoms with Gasteiger partial charge in [-0.05, 0) is 44.8 Å². The molecule has 1 aliphatic heterocycles. The molecular weight excluding hydrogens is 276 g/mol. The quantitative estimate of drug-likeness (QED) is 0.838. The van der Waals surface area contributed by atoms with Crippen molar-refractivity contribution >= 4 is 23.8 Å². The van der Waals surface area contributed by atoms with Crippen molar-refractivity contribution in [2.45, 2.75) is 49.8 Å². The minimum absolute atomic E-state index is 0.0800. The number of carboxylic acid groups (broad SMARTS) is 1. The van der Waals surface area contributed by atoms with Crippen LogP contribution in [0.3, 0.4) is 0 Å². The number of likely N-dealkylation sites (tertiary alicyclic amines) is 1. The summed E-state index contributed by atoms with van der Waals surface area (Å²) < 4.78 is 0. The molecule has 1 atom stereocenters. The largest absolute Gasteiger partial charge is 0.481 e. The van der Waals surface area contributed by atoms with E-state index in [2.05, 4.69) is 11.6 Å². The van der Waals surface area contributed by atoms with Crippen LogP contribution in [0.15, 0.2) is 0 Å². The van der Waals surface area contributed by atoms with Crippen molar-refractivity contribution in [1.29, 1.82) is 0 Å². The second-order valence-electron chi connectivity index (χ2n) is 5.78. The van der Waals surface area contributed by atoms with Crippen LogP contribution < -0.4 is 5.32 Å². The molecule has 2 fully saturated rings. The molecule has 0 aromatic heterocycles. The number of amides is 2. The topological polar surface area (TPSA) is 69.6 Å². The van der Waals surface area contributed by atoms with Gasteiger partial charge in [0.15, 0.2) is 0 Å². The molecule has 1 heterocycles. The number of carbonyl (C=O) groups is 2. The zero-order chi connectivity index (χ0) is 14.5. The first kappa shape index (κ1) is 15.5.